The first-order valence-corrected chi connectivity index (χ1v) is 7.06. The molecule has 1 aliphatic rings. The van der Waals surface area contributed by atoms with Gasteiger partial charge in [-0.2, -0.15) is 5.26 Å². The molecule has 0 aliphatic heterocycles. The standard InChI is InChI=1S/C16H12FN3O3/c17-12-3-1-10(2-4-12)14(21)9-20-15(22)11(7-18)8-19(16(20)23)13-5-6-13/h1-4,8,13H,5-6,9H2. The summed E-state index contributed by atoms with van der Waals surface area (Å²) >= 11 is 0. The number of rotatable bonds is 4. The molecule has 3 rings (SSSR count). The molecule has 2 aromatic rings. The predicted molar refractivity (Wildman–Crippen MR) is 78.7 cm³/mol. The molecule has 0 spiro atoms. The molecule has 1 heterocycles. The average molecular weight is 313 g/mol. The van der Waals surface area contributed by atoms with Crippen molar-refractivity contribution in [1.82, 2.24) is 9.13 Å². The number of aromatic nitrogens is 2. The normalized spacial score (nSPS) is 13.6. The number of nitriles is 1. The molecular formula is C16H12FN3O3. The average Bonchev–Trinajstić information content (AvgIpc) is 3.37. The van der Waals surface area contributed by atoms with Gasteiger partial charge >= 0.3 is 5.69 Å². The summed E-state index contributed by atoms with van der Waals surface area (Å²) in [5.74, 6) is -0.983. The largest absolute Gasteiger partial charge is 0.331 e. The molecule has 23 heavy (non-hydrogen) atoms. The zero-order valence-electron chi connectivity index (χ0n) is 12.0. The fourth-order valence-corrected chi connectivity index (χ4v) is 2.32. The Labute approximate surface area is 130 Å². The van der Waals surface area contributed by atoms with E-state index in [9.17, 15) is 18.8 Å². The summed E-state index contributed by atoms with van der Waals surface area (Å²) in [4.78, 5) is 36.7. The highest BCUT2D eigenvalue weighted by molar-refractivity contribution is 5.95. The molecule has 0 N–H and O–H groups in total. The van der Waals surface area contributed by atoms with Crippen LogP contribution in [-0.2, 0) is 6.54 Å². The quantitative estimate of drug-likeness (QED) is 0.795. The molecule has 1 fully saturated rings. The van der Waals surface area contributed by atoms with Gasteiger partial charge in [-0.15, -0.1) is 0 Å². The van der Waals surface area contributed by atoms with Crippen LogP contribution in [0.1, 0.15) is 34.8 Å². The van der Waals surface area contributed by atoms with Gasteiger partial charge in [-0.1, -0.05) is 0 Å². The van der Waals surface area contributed by atoms with Gasteiger partial charge in [0.05, 0.1) is 6.54 Å². The monoisotopic (exact) mass is 313 g/mol. The molecule has 1 aliphatic carbocycles. The highest BCUT2D eigenvalue weighted by Crippen LogP contribution is 2.33. The lowest BCUT2D eigenvalue weighted by molar-refractivity contribution is 0.0968. The minimum atomic E-state index is -0.787. The Bertz CT molecular complexity index is 931. The van der Waals surface area contributed by atoms with Gasteiger partial charge in [-0.05, 0) is 37.1 Å². The second-order valence-electron chi connectivity index (χ2n) is 5.40. The van der Waals surface area contributed by atoms with E-state index in [-0.39, 0.29) is 17.2 Å². The summed E-state index contributed by atoms with van der Waals surface area (Å²) in [5, 5.41) is 9.04. The van der Waals surface area contributed by atoms with Gasteiger partial charge in [-0.3, -0.25) is 18.7 Å². The minimum absolute atomic E-state index is 0.0256. The van der Waals surface area contributed by atoms with Crippen LogP contribution < -0.4 is 11.2 Å². The Kier molecular flexibility index (Phi) is 3.66. The van der Waals surface area contributed by atoms with E-state index in [1.54, 1.807) is 6.07 Å². The molecule has 1 saturated carbocycles. The van der Waals surface area contributed by atoms with Crippen molar-refractivity contribution in [3.8, 4) is 6.07 Å². The Morgan fingerprint density at radius 2 is 1.91 bits per heavy atom. The van der Waals surface area contributed by atoms with Gasteiger partial charge in [0.15, 0.2) is 5.78 Å². The summed E-state index contributed by atoms with van der Waals surface area (Å²) in [7, 11) is 0. The molecule has 0 radical (unpaired) electrons. The van der Waals surface area contributed by atoms with Crippen molar-refractivity contribution in [2.45, 2.75) is 25.4 Å². The summed E-state index contributed by atoms with van der Waals surface area (Å²) in [5.41, 5.74) is -1.38. The number of Topliss-reactive ketones (excluding diaryl/α,β-unsaturated/α-hetero) is 1. The predicted octanol–water partition coefficient (Wildman–Crippen LogP) is 1.24. The lowest BCUT2D eigenvalue weighted by Crippen LogP contribution is -2.42. The molecule has 0 unspecified atom stereocenters. The zero-order chi connectivity index (χ0) is 16.6. The molecule has 0 saturated heterocycles. The number of hydrogen-bond donors (Lipinski definition) is 0. The van der Waals surface area contributed by atoms with Crippen LogP contribution in [0.25, 0.3) is 0 Å². The summed E-state index contributed by atoms with van der Waals surface area (Å²) in [6, 6.07) is 6.56. The van der Waals surface area contributed by atoms with E-state index in [2.05, 4.69) is 0 Å². The van der Waals surface area contributed by atoms with Crippen molar-refractivity contribution in [3.05, 3.63) is 68.2 Å². The molecule has 0 atom stereocenters. The van der Waals surface area contributed by atoms with Gasteiger partial charge < -0.3 is 0 Å². The number of hydrogen-bond acceptors (Lipinski definition) is 4. The van der Waals surface area contributed by atoms with E-state index < -0.39 is 29.4 Å². The molecule has 1 aromatic carbocycles. The van der Waals surface area contributed by atoms with Crippen molar-refractivity contribution in [3.63, 3.8) is 0 Å². The Morgan fingerprint density at radius 1 is 1.26 bits per heavy atom. The molecule has 0 bridgehead atoms. The lowest BCUT2D eigenvalue weighted by Gasteiger charge is -2.09. The lowest BCUT2D eigenvalue weighted by atomic mass is 10.1. The molecule has 7 heteroatoms. The number of benzene rings is 1. The number of carbonyl (C=O) groups is 1. The van der Waals surface area contributed by atoms with Crippen molar-refractivity contribution in [2.75, 3.05) is 0 Å². The third-order valence-electron chi connectivity index (χ3n) is 3.72. The van der Waals surface area contributed by atoms with E-state index in [1.807, 2.05) is 0 Å². The number of nitrogens with zero attached hydrogens (tertiary/aromatic N) is 3. The van der Waals surface area contributed by atoms with E-state index in [0.29, 0.717) is 0 Å². The van der Waals surface area contributed by atoms with E-state index >= 15 is 0 Å². The van der Waals surface area contributed by atoms with Crippen LogP contribution in [0.4, 0.5) is 4.39 Å². The zero-order valence-corrected chi connectivity index (χ0v) is 12.0. The maximum atomic E-state index is 12.9. The van der Waals surface area contributed by atoms with Crippen molar-refractivity contribution >= 4 is 5.78 Å². The fraction of sp³-hybridized carbons (Fsp3) is 0.250. The highest BCUT2D eigenvalue weighted by Gasteiger charge is 2.27. The summed E-state index contributed by atoms with van der Waals surface area (Å²) in [6.45, 7) is -0.481. The van der Waals surface area contributed by atoms with Gasteiger partial charge in [-0.25, -0.2) is 9.18 Å². The fourth-order valence-electron chi connectivity index (χ4n) is 2.32. The van der Waals surface area contributed by atoms with Gasteiger partial charge in [0.2, 0.25) is 0 Å². The van der Waals surface area contributed by atoms with Crippen LogP contribution in [-0.4, -0.2) is 14.9 Å². The molecule has 116 valence electrons. The highest BCUT2D eigenvalue weighted by atomic mass is 19.1. The van der Waals surface area contributed by atoms with Crippen LogP contribution in [0.2, 0.25) is 0 Å². The Hall–Kier alpha value is -3.01. The van der Waals surface area contributed by atoms with E-state index in [1.165, 1.54) is 22.9 Å². The van der Waals surface area contributed by atoms with Gasteiger partial charge in [0.25, 0.3) is 5.56 Å². The van der Waals surface area contributed by atoms with Crippen LogP contribution >= 0.6 is 0 Å². The van der Waals surface area contributed by atoms with E-state index in [0.717, 1.165) is 29.5 Å². The molecular weight excluding hydrogens is 301 g/mol. The van der Waals surface area contributed by atoms with E-state index in [4.69, 9.17) is 5.26 Å². The van der Waals surface area contributed by atoms with Crippen molar-refractivity contribution < 1.29 is 9.18 Å². The van der Waals surface area contributed by atoms with Gasteiger partial charge in [0, 0.05) is 17.8 Å². The SMILES string of the molecule is N#Cc1cn(C2CC2)c(=O)n(CC(=O)c2ccc(F)cc2)c1=O. The first-order valence-electron chi connectivity index (χ1n) is 7.06. The summed E-state index contributed by atoms with van der Waals surface area (Å²) in [6.07, 6.45) is 2.85. The van der Waals surface area contributed by atoms with Crippen LogP contribution in [0.15, 0.2) is 40.1 Å². The maximum absolute atomic E-state index is 12.9. The second kappa shape index (κ2) is 5.65. The molecule has 0 amide bonds. The van der Waals surface area contributed by atoms with Gasteiger partial charge in [0.1, 0.15) is 17.4 Å². The first-order chi connectivity index (χ1) is 11.0. The summed E-state index contributed by atoms with van der Waals surface area (Å²) < 4.78 is 15.0. The number of halogens is 1. The second-order valence-corrected chi connectivity index (χ2v) is 5.40. The molecule has 6 nitrogen and oxygen atoms in total. The van der Waals surface area contributed by atoms with Crippen LogP contribution in [0, 0.1) is 17.1 Å². The third kappa shape index (κ3) is 2.83. The Balaban J connectivity index is 2.02. The van der Waals surface area contributed by atoms with Crippen molar-refractivity contribution in [1.29, 1.82) is 5.26 Å². The number of ketones is 1. The van der Waals surface area contributed by atoms with Crippen LogP contribution in [0.5, 0.6) is 0 Å². The maximum Gasteiger partial charge on any atom is 0.331 e. The smallest absolute Gasteiger partial charge is 0.296 e. The number of carbonyl (C=O) groups excluding carboxylic acids is 1. The Morgan fingerprint density at radius 3 is 2.48 bits per heavy atom. The minimum Gasteiger partial charge on any atom is -0.296 e. The van der Waals surface area contributed by atoms with Crippen LogP contribution in [0.3, 0.4) is 0 Å². The first kappa shape index (κ1) is 14.9. The topological polar surface area (TPSA) is 84.9 Å². The molecule has 1 aromatic heterocycles. The van der Waals surface area contributed by atoms with Crippen molar-refractivity contribution in [2.24, 2.45) is 0 Å². The third-order valence-corrected chi connectivity index (χ3v) is 3.72.